The summed E-state index contributed by atoms with van der Waals surface area (Å²) in [7, 11) is -2.10. The average Bonchev–Trinajstić information content (AvgIpc) is 2.87. The molecule has 122 valence electrons. The summed E-state index contributed by atoms with van der Waals surface area (Å²) in [5.74, 6) is -0.904. The summed E-state index contributed by atoms with van der Waals surface area (Å²) in [5.41, 5.74) is 0.986. The van der Waals surface area contributed by atoms with Crippen LogP contribution in [0.2, 0.25) is 0 Å². The molecule has 0 spiro atoms. The molecule has 0 aliphatic carbocycles. The molecule has 0 aromatic heterocycles. The highest BCUT2D eigenvalue weighted by Gasteiger charge is 2.31. The topological polar surface area (TPSA) is 95.9 Å². The van der Waals surface area contributed by atoms with E-state index in [0.717, 1.165) is 6.42 Å². The lowest BCUT2D eigenvalue weighted by Crippen LogP contribution is -2.34. The van der Waals surface area contributed by atoms with Crippen molar-refractivity contribution in [1.82, 2.24) is 4.31 Å². The molecule has 1 unspecified atom stereocenters. The van der Waals surface area contributed by atoms with Crippen molar-refractivity contribution in [2.75, 3.05) is 31.5 Å². The minimum Gasteiger partial charge on any atom is -0.478 e. The molecular weight excluding hydrogens is 308 g/mol. The van der Waals surface area contributed by atoms with E-state index in [1.165, 1.54) is 16.4 Å². The van der Waals surface area contributed by atoms with Gasteiger partial charge in [0.05, 0.1) is 17.9 Å². The second kappa shape index (κ2) is 6.64. The molecule has 0 radical (unpaired) electrons. The molecule has 2 N–H and O–H groups in total. The third-order valence-corrected chi connectivity index (χ3v) is 5.07. The number of carbonyl (C=O) groups is 1. The highest BCUT2D eigenvalue weighted by Crippen LogP contribution is 2.22. The Balaban J connectivity index is 2.14. The van der Waals surface area contributed by atoms with Crippen molar-refractivity contribution in [3.63, 3.8) is 0 Å². The van der Waals surface area contributed by atoms with Crippen LogP contribution in [-0.2, 0) is 14.9 Å². The monoisotopic (exact) mass is 328 g/mol. The Labute approximate surface area is 130 Å². The molecule has 7 nitrogen and oxygen atoms in total. The summed E-state index contributed by atoms with van der Waals surface area (Å²) < 4.78 is 33.6. The summed E-state index contributed by atoms with van der Waals surface area (Å²) >= 11 is 0. The zero-order valence-corrected chi connectivity index (χ0v) is 13.4. The van der Waals surface area contributed by atoms with Gasteiger partial charge in [-0.2, -0.15) is 12.7 Å². The lowest BCUT2D eigenvalue weighted by molar-refractivity contribution is 0.0697. The minimum atomic E-state index is -3.69. The van der Waals surface area contributed by atoms with Crippen LogP contribution in [0, 0.1) is 12.8 Å². The Morgan fingerprint density at radius 3 is 2.82 bits per heavy atom. The van der Waals surface area contributed by atoms with Crippen LogP contribution >= 0.6 is 0 Å². The molecule has 1 saturated heterocycles. The molecule has 0 amide bonds. The van der Waals surface area contributed by atoms with E-state index in [-0.39, 0.29) is 17.2 Å². The van der Waals surface area contributed by atoms with Crippen molar-refractivity contribution in [2.45, 2.75) is 13.3 Å². The molecule has 22 heavy (non-hydrogen) atoms. The van der Waals surface area contributed by atoms with E-state index in [4.69, 9.17) is 9.84 Å². The number of benzene rings is 1. The predicted octanol–water partition coefficient (Wildman–Crippen LogP) is 1.32. The van der Waals surface area contributed by atoms with Gasteiger partial charge in [-0.1, -0.05) is 0 Å². The first-order valence-corrected chi connectivity index (χ1v) is 8.37. The van der Waals surface area contributed by atoms with Crippen LogP contribution in [0.3, 0.4) is 0 Å². The maximum atomic E-state index is 12.4. The molecule has 0 saturated carbocycles. The number of hydrogen-bond acceptors (Lipinski definition) is 4. The van der Waals surface area contributed by atoms with Gasteiger partial charge in [-0.3, -0.25) is 4.72 Å². The van der Waals surface area contributed by atoms with Crippen LogP contribution in [0.5, 0.6) is 0 Å². The summed E-state index contributed by atoms with van der Waals surface area (Å²) in [5, 5.41) is 9.04. The van der Waals surface area contributed by atoms with E-state index in [2.05, 4.69) is 4.72 Å². The molecular formula is C14H20N2O5S. The number of nitrogens with one attached hydrogen (secondary N) is 1. The fraction of sp³-hybridized carbons (Fsp3) is 0.500. The fourth-order valence-corrected chi connectivity index (χ4v) is 3.86. The normalized spacial score (nSPS) is 19.3. The Bertz CT molecular complexity index is 659. The van der Waals surface area contributed by atoms with Crippen molar-refractivity contribution >= 4 is 21.9 Å². The van der Waals surface area contributed by atoms with E-state index in [1.807, 2.05) is 0 Å². The van der Waals surface area contributed by atoms with Gasteiger partial charge in [0.2, 0.25) is 0 Å². The van der Waals surface area contributed by atoms with Crippen molar-refractivity contribution in [2.24, 2.45) is 5.92 Å². The second-order valence-corrected chi connectivity index (χ2v) is 7.14. The number of carboxylic acid groups (broad SMARTS) is 1. The number of nitrogens with zero attached hydrogens (tertiary/aromatic N) is 1. The van der Waals surface area contributed by atoms with Crippen LogP contribution in [0.25, 0.3) is 0 Å². The minimum absolute atomic E-state index is 0.0522. The molecule has 1 aromatic carbocycles. The first-order valence-electron chi connectivity index (χ1n) is 6.93. The van der Waals surface area contributed by atoms with Gasteiger partial charge in [-0.05, 0) is 43.0 Å². The van der Waals surface area contributed by atoms with E-state index < -0.39 is 16.2 Å². The molecule has 0 bridgehead atoms. The molecule has 1 fully saturated rings. The van der Waals surface area contributed by atoms with Crippen molar-refractivity contribution in [3.05, 3.63) is 29.3 Å². The zero-order chi connectivity index (χ0) is 16.3. The number of rotatable bonds is 6. The summed E-state index contributed by atoms with van der Waals surface area (Å²) in [6.07, 6.45) is 0.753. The number of ether oxygens (including phenoxy) is 1. The molecule has 1 aliphatic rings. The number of carboxylic acids is 1. The Kier molecular flexibility index (Phi) is 5.05. The SMILES string of the molecule is COCC1CCN(S(=O)(=O)Nc2cc(C)cc(C(=O)O)c2)C1. The Morgan fingerprint density at radius 2 is 2.18 bits per heavy atom. The van der Waals surface area contributed by atoms with Crippen LogP contribution in [-0.4, -0.2) is 50.6 Å². The lowest BCUT2D eigenvalue weighted by atomic mass is 10.1. The third kappa shape index (κ3) is 3.96. The Hall–Kier alpha value is -1.64. The predicted molar refractivity (Wildman–Crippen MR) is 82.2 cm³/mol. The van der Waals surface area contributed by atoms with Gasteiger partial charge in [0.1, 0.15) is 0 Å². The number of anilines is 1. The number of methoxy groups -OCH3 is 1. The van der Waals surface area contributed by atoms with Crippen LogP contribution in [0.15, 0.2) is 18.2 Å². The molecule has 8 heteroatoms. The summed E-state index contributed by atoms with van der Waals surface area (Å²) in [6.45, 7) is 3.08. The van der Waals surface area contributed by atoms with E-state index >= 15 is 0 Å². The Morgan fingerprint density at radius 1 is 1.45 bits per heavy atom. The standard InChI is InChI=1S/C14H20N2O5S/c1-10-5-12(14(17)18)7-13(6-10)15-22(19,20)16-4-3-11(8-16)9-21-2/h5-7,11,15H,3-4,8-9H2,1-2H3,(H,17,18). The van der Waals surface area contributed by atoms with Crippen molar-refractivity contribution in [1.29, 1.82) is 0 Å². The molecule has 1 aliphatic heterocycles. The number of aromatic carboxylic acids is 1. The first kappa shape index (κ1) is 16.7. The van der Waals surface area contributed by atoms with Gasteiger partial charge in [0.15, 0.2) is 0 Å². The van der Waals surface area contributed by atoms with Crippen LogP contribution in [0.1, 0.15) is 22.3 Å². The van der Waals surface area contributed by atoms with Crippen molar-refractivity contribution < 1.29 is 23.1 Å². The van der Waals surface area contributed by atoms with Gasteiger partial charge >= 0.3 is 16.2 Å². The molecule has 1 aromatic rings. The van der Waals surface area contributed by atoms with Crippen LogP contribution < -0.4 is 4.72 Å². The van der Waals surface area contributed by atoms with E-state index in [0.29, 0.717) is 25.3 Å². The van der Waals surface area contributed by atoms with E-state index in [9.17, 15) is 13.2 Å². The van der Waals surface area contributed by atoms with Crippen LogP contribution in [0.4, 0.5) is 5.69 Å². The molecule has 1 atom stereocenters. The molecule has 2 rings (SSSR count). The quantitative estimate of drug-likeness (QED) is 0.821. The maximum absolute atomic E-state index is 12.4. The zero-order valence-electron chi connectivity index (χ0n) is 12.6. The van der Waals surface area contributed by atoms with Crippen molar-refractivity contribution in [3.8, 4) is 0 Å². The lowest BCUT2D eigenvalue weighted by Gasteiger charge is -2.18. The number of aryl methyl sites for hydroxylation is 1. The highest BCUT2D eigenvalue weighted by atomic mass is 32.2. The van der Waals surface area contributed by atoms with E-state index in [1.54, 1.807) is 20.1 Å². The third-order valence-electron chi connectivity index (χ3n) is 3.56. The first-order chi connectivity index (χ1) is 10.3. The smallest absolute Gasteiger partial charge is 0.335 e. The molecule has 1 heterocycles. The fourth-order valence-electron chi connectivity index (χ4n) is 2.57. The van der Waals surface area contributed by atoms with Gasteiger partial charge in [0, 0.05) is 20.2 Å². The summed E-state index contributed by atoms with van der Waals surface area (Å²) in [6, 6.07) is 4.41. The van der Waals surface area contributed by atoms with Gasteiger partial charge in [0.25, 0.3) is 0 Å². The second-order valence-electron chi connectivity index (χ2n) is 5.47. The van der Waals surface area contributed by atoms with Gasteiger partial charge in [-0.15, -0.1) is 0 Å². The van der Waals surface area contributed by atoms with Gasteiger partial charge < -0.3 is 9.84 Å². The largest absolute Gasteiger partial charge is 0.478 e. The van der Waals surface area contributed by atoms with Gasteiger partial charge in [-0.25, -0.2) is 4.79 Å². The number of hydrogen-bond donors (Lipinski definition) is 2. The highest BCUT2D eigenvalue weighted by molar-refractivity contribution is 7.90. The summed E-state index contributed by atoms with van der Waals surface area (Å²) in [4.78, 5) is 11.0. The maximum Gasteiger partial charge on any atom is 0.335 e. The average molecular weight is 328 g/mol.